The fourth-order valence-electron chi connectivity index (χ4n) is 5.02. The lowest BCUT2D eigenvalue weighted by atomic mass is 9.98. The van der Waals surface area contributed by atoms with Gasteiger partial charge in [-0.15, -0.1) is 0 Å². The van der Waals surface area contributed by atoms with E-state index >= 15 is 0 Å². The third kappa shape index (κ3) is 4.39. The molecule has 0 unspecified atom stereocenters. The summed E-state index contributed by atoms with van der Waals surface area (Å²) in [4.78, 5) is 29.9. The molecule has 0 atom stereocenters. The normalized spacial score (nSPS) is 19.6. The van der Waals surface area contributed by atoms with E-state index in [1.807, 2.05) is 35.2 Å². The van der Waals surface area contributed by atoms with Crippen molar-refractivity contribution in [2.45, 2.75) is 52.0 Å². The first kappa shape index (κ1) is 20.3. The van der Waals surface area contributed by atoms with Gasteiger partial charge in [0.1, 0.15) is 5.82 Å². The second-order valence-electron chi connectivity index (χ2n) is 9.36. The molecule has 5 rings (SSSR count). The van der Waals surface area contributed by atoms with E-state index in [1.165, 1.54) is 31.2 Å². The predicted octanol–water partition coefficient (Wildman–Crippen LogP) is 3.44. The summed E-state index contributed by atoms with van der Waals surface area (Å²) in [5.41, 5.74) is 3.39. The van der Waals surface area contributed by atoms with Crippen LogP contribution in [0.25, 0.3) is 0 Å². The van der Waals surface area contributed by atoms with Gasteiger partial charge in [0.2, 0.25) is 11.9 Å². The zero-order valence-corrected chi connectivity index (χ0v) is 18.6. The van der Waals surface area contributed by atoms with Gasteiger partial charge in [0, 0.05) is 44.7 Å². The molecule has 0 N–H and O–H groups in total. The van der Waals surface area contributed by atoms with E-state index in [-0.39, 0.29) is 5.91 Å². The molecular weight excluding hydrogens is 386 g/mol. The molecule has 3 aliphatic rings. The lowest BCUT2D eigenvalue weighted by Crippen LogP contribution is -2.40. The minimum absolute atomic E-state index is 0.193. The summed E-state index contributed by atoms with van der Waals surface area (Å²) in [6, 6.07) is 10.0. The summed E-state index contributed by atoms with van der Waals surface area (Å²) in [5.74, 6) is 2.94. The molecule has 4 heterocycles. The van der Waals surface area contributed by atoms with Crippen molar-refractivity contribution in [3.8, 4) is 0 Å². The number of piperidine rings is 1. The van der Waals surface area contributed by atoms with Crippen LogP contribution in [0.1, 0.15) is 49.4 Å². The molecule has 2 aromatic rings. The van der Waals surface area contributed by atoms with E-state index in [0.29, 0.717) is 13.0 Å². The number of benzene rings is 1. The van der Waals surface area contributed by atoms with E-state index in [0.717, 1.165) is 68.1 Å². The van der Waals surface area contributed by atoms with Crippen LogP contribution in [0.15, 0.2) is 30.3 Å². The molecule has 6 nitrogen and oxygen atoms in total. The Hall–Kier alpha value is -2.63. The van der Waals surface area contributed by atoms with Gasteiger partial charge in [0.25, 0.3) is 0 Å². The van der Waals surface area contributed by atoms with Gasteiger partial charge in [0.15, 0.2) is 0 Å². The minimum atomic E-state index is 0.193. The van der Waals surface area contributed by atoms with Gasteiger partial charge < -0.3 is 14.7 Å². The Bertz CT molecular complexity index is 917. The van der Waals surface area contributed by atoms with Gasteiger partial charge in [-0.05, 0) is 37.2 Å². The smallest absolute Gasteiger partial charge is 0.227 e. The number of aromatic nitrogens is 2. The molecule has 1 aromatic carbocycles. The second kappa shape index (κ2) is 8.85. The number of fused-ring (bicyclic) bond motifs is 1. The first-order chi connectivity index (χ1) is 15.2. The zero-order chi connectivity index (χ0) is 21.2. The van der Waals surface area contributed by atoms with Crippen molar-refractivity contribution in [1.82, 2.24) is 14.9 Å². The third-order valence-electron chi connectivity index (χ3n) is 7.05. The maximum atomic E-state index is 13.0. The first-order valence-electron chi connectivity index (χ1n) is 11.9. The van der Waals surface area contributed by atoms with Crippen LogP contribution in [0.2, 0.25) is 0 Å². The summed E-state index contributed by atoms with van der Waals surface area (Å²) in [7, 11) is 0. The molecule has 2 fully saturated rings. The maximum Gasteiger partial charge on any atom is 0.227 e. The van der Waals surface area contributed by atoms with Crippen LogP contribution >= 0.6 is 0 Å². The van der Waals surface area contributed by atoms with Crippen LogP contribution < -0.4 is 9.80 Å². The third-order valence-corrected chi connectivity index (χ3v) is 7.05. The monoisotopic (exact) mass is 419 g/mol. The maximum absolute atomic E-state index is 13.0. The summed E-state index contributed by atoms with van der Waals surface area (Å²) >= 11 is 0. The number of carbonyl (C=O) groups excluding carboxylic acids is 1. The van der Waals surface area contributed by atoms with Gasteiger partial charge in [-0.25, -0.2) is 4.98 Å². The Labute approximate surface area is 185 Å². The van der Waals surface area contributed by atoms with Gasteiger partial charge in [-0.3, -0.25) is 4.79 Å². The Balaban J connectivity index is 1.42. The van der Waals surface area contributed by atoms with Gasteiger partial charge >= 0.3 is 0 Å². The average molecular weight is 420 g/mol. The first-order valence-corrected chi connectivity index (χ1v) is 11.9. The van der Waals surface area contributed by atoms with Crippen molar-refractivity contribution in [2.24, 2.45) is 5.92 Å². The Morgan fingerprint density at radius 2 is 1.71 bits per heavy atom. The van der Waals surface area contributed by atoms with E-state index in [4.69, 9.17) is 9.97 Å². The predicted molar refractivity (Wildman–Crippen MR) is 123 cm³/mol. The fourth-order valence-corrected chi connectivity index (χ4v) is 5.02. The highest BCUT2D eigenvalue weighted by Crippen LogP contribution is 2.32. The van der Waals surface area contributed by atoms with Gasteiger partial charge in [-0.2, -0.15) is 4.98 Å². The summed E-state index contributed by atoms with van der Waals surface area (Å²) in [6.07, 6.45) is 6.12. The van der Waals surface area contributed by atoms with Crippen LogP contribution in [-0.2, 0) is 24.2 Å². The second-order valence-corrected chi connectivity index (χ2v) is 9.36. The lowest BCUT2D eigenvalue weighted by molar-refractivity contribution is -0.131. The molecule has 0 bridgehead atoms. The van der Waals surface area contributed by atoms with Gasteiger partial charge in [0.05, 0.1) is 18.7 Å². The van der Waals surface area contributed by atoms with Crippen LogP contribution in [0.3, 0.4) is 0 Å². The summed E-state index contributed by atoms with van der Waals surface area (Å²) in [6.45, 7) is 7.90. The zero-order valence-electron chi connectivity index (χ0n) is 18.6. The number of anilines is 2. The Morgan fingerprint density at radius 1 is 0.968 bits per heavy atom. The number of nitrogens with zero attached hydrogens (tertiary/aromatic N) is 5. The Kier molecular flexibility index (Phi) is 5.79. The van der Waals surface area contributed by atoms with Crippen LogP contribution in [0.5, 0.6) is 0 Å². The topological polar surface area (TPSA) is 52.6 Å². The summed E-state index contributed by atoms with van der Waals surface area (Å²) < 4.78 is 0. The van der Waals surface area contributed by atoms with Crippen LogP contribution in [0.4, 0.5) is 11.8 Å². The highest BCUT2D eigenvalue weighted by atomic mass is 16.2. The van der Waals surface area contributed by atoms with Crippen molar-refractivity contribution >= 4 is 17.7 Å². The molecule has 164 valence electrons. The van der Waals surface area contributed by atoms with E-state index in [9.17, 15) is 4.79 Å². The molecule has 1 aromatic heterocycles. The molecule has 31 heavy (non-hydrogen) atoms. The van der Waals surface area contributed by atoms with Crippen molar-refractivity contribution in [1.29, 1.82) is 0 Å². The van der Waals surface area contributed by atoms with Crippen molar-refractivity contribution in [3.63, 3.8) is 0 Å². The molecule has 3 aliphatic heterocycles. The van der Waals surface area contributed by atoms with Crippen molar-refractivity contribution in [3.05, 3.63) is 47.2 Å². The molecule has 2 saturated heterocycles. The number of hydrogen-bond donors (Lipinski definition) is 0. The highest BCUT2D eigenvalue weighted by Gasteiger charge is 2.30. The Morgan fingerprint density at radius 3 is 2.45 bits per heavy atom. The quantitative estimate of drug-likeness (QED) is 0.760. The fraction of sp³-hybridized carbons (Fsp3) is 0.560. The van der Waals surface area contributed by atoms with E-state index in [1.54, 1.807) is 0 Å². The molecule has 0 saturated carbocycles. The number of rotatable bonds is 4. The molecular formula is C25H33N5O. The highest BCUT2D eigenvalue weighted by molar-refractivity contribution is 5.79. The molecule has 0 aliphatic carbocycles. The largest absolute Gasteiger partial charge is 0.356 e. The standard InChI is InChI=1S/C25H33N5O/c1-19-9-14-28(15-10-19)24-21-18-30(23(31)17-20-7-3-2-4-8-20)16-11-22(21)26-25(27-24)29-12-5-6-13-29/h2-4,7-8,19H,5-6,9-18H2,1H3. The molecule has 0 spiro atoms. The summed E-state index contributed by atoms with van der Waals surface area (Å²) in [5, 5.41) is 0. The van der Waals surface area contributed by atoms with Crippen LogP contribution in [0, 0.1) is 5.92 Å². The SMILES string of the molecule is CC1CCN(c2nc(N3CCCC3)nc3c2CN(C(=O)Cc2ccccc2)CC3)CC1. The van der Waals surface area contributed by atoms with Gasteiger partial charge in [-0.1, -0.05) is 37.3 Å². The molecule has 1 amide bonds. The molecule has 0 radical (unpaired) electrons. The van der Waals surface area contributed by atoms with Crippen molar-refractivity contribution < 1.29 is 4.79 Å². The number of carbonyl (C=O) groups is 1. The van der Waals surface area contributed by atoms with Crippen molar-refractivity contribution in [2.75, 3.05) is 42.5 Å². The molecule has 6 heteroatoms. The van der Waals surface area contributed by atoms with E-state index < -0.39 is 0 Å². The number of amides is 1. The lowest BCUT2D eigenvalue weighted by Gasteiger charge is -2.36. The number of hydrogen-bond acceptors (Lipinski definition) is 5. The average Bonchev–Trinajstić information content (AvgIpc) is 3.34. The van der Waals surface area contributed by atoms with E-state index in [2.05, 4.69) is 16.7 Å². The van der Waals surface area contributed by atoms with Crippen LogP contribution in [-0.4, -0.2) is 53.5 Å². The minimum Gasteiger partial charge on any atom is -0.356 e.